The Morgan fingerprint density at radius 1 is 1.09 bits per heavy atom. The summed E-state index contributed by atoms with van der Waals surface area (Å²) < 4.78 is 3.11. The van der Waals surface area contributed by atoms with Gasteiger partial charge in [0.25, 0.3) is 0 Å². The molecule has 4 heterocycles. The van der Waals surface area contributed by atoms with Crippen LogP contribution >= 0.6 is 15.9 Å². The number of oxime groups is 1. The molecule has 8 heteroatoms. The fourth-order valence-electron chi connectivity index (χ4n) is 4.65. The first kappa shape index (κ1) is 20.6. The van der Waals surface area contributed by atoms with Crippen LogP contribution in [0.15, 0.2) is 64.6 Å². The lowest BCUT2D eigenvalue weighted by molar-refractivity contribution is 0.132. The highest BCUT2D eigenvalue weighted by atomic mass is 79.9. The summed E-state index contributed by atoms with van der Waals surface area (Å²) >= 11 is 3.64. The number of halogens is 1. The van der Waals surface area contributed by atoms with Gasteiger partial charge in [0.15, 0.2) is 5.65 Å². The van der Waals surface area contributed by atoms with Gasteiger partial charge in [-0.25, -0.2) is 0 Å². The third-order valence-electron chi connectivity index (χ3n) is 6.65. The summed E-state index contributed by atoms with van der Waals surface area (Å²) in [6.45, 7) is 2.59. The molecular weight excluding hydrogens is 480 g/mol. The Kier molecular flexibility index (Phi) is 5.46. The summed E-state index contributed by atoms with van der Waals surface area (Å²) in [6, 6.07) is 14.5. The second-order valence-corrected chi connectivity index (χ2v) is 9.86. The van der Waals surface area contributed by atoms with Gasteiger partial charge in [0, 0.05) is 46.8 Å². The van der Waals surface area contributed by atoms with E-state index in [1.165, 1.54) is 23.9 Å². The van der Waals surface area contributed by atoms with Crippen LogP contribution in [0.3, 0.4) is 0 Å². The number of nitrogens with zero attached hydrogens (tertiary/aromatic N) is 6. The fraction of sp³-hybridized carbons (Fsp3) is 0.360. The van der Waals surface area contributed by atoms with Crippen LogP contribution in [0.1, 0.15) is 31.4 Å². The topological polar surface area (TPSA) is 67.9 Å². The van der Waals surface area contributed by atoms with Gasteiger partial charge >= 0.3 is 0 Å². The van der Waals surface area contributed by atoms with Gasteiger partial charge in [0.1, 0.15) is 18.6 Å². The lowest BCUT2D eigenvalue weighted by atomic mass is 9.89. The Hall–Kier alpha value is -3.00. The molecule has 3 aromatic heterocycles. The van der Waals surface area contributed by atoms with Crippen molar-refractivity contribution < 1.29 is 4.84 Å². The number of hydrogen-bond donors (Lipinski definition) is 0. The molecule has 1 saturated carbocycles. The molecule has 2 fully saturated rings. The first-order valence-corrected chi connectivity index (χ1v) is 12.3. The molecule has 0 amide bonds. The minimum atomic E-state index is 0.324. The van der Waals surface area contributed by atoms with Gasteiger partial charge < -0.3 is 9.74 Å². The predicted octanol–water partition coefficient (Wildman–Crippen LogP) is 5.09. The number of hydrogen-bond acceptors (Lipinski definition) is 6. The van der Waals surface area contributed by atoms with Gasteiger partial charge in [-0.2, -0.15) is 0 Å². The number of fused-ring (bicyclic) bond motifs is 3. The summed E-state index contributed by atoms with van der Waals surface area (Å²) in [4.78, 5) is 12.8. The van der Waals surface area contributed by atoms with Crippen molar-refractivity contribution in [2.45, 2.75) is 25.7 Å². The minimum absolute atomic E-state index is 0.324. The number of anilines is 1. The summed E-state index contributed by atoms with van der Waals surface area (Å²) in [5, 5.41) is 14.2. The molecule has 0 bridgehead atoms. The molecule has 7 nitrogen and oxygen atoms in total. The summed E-state index contributed by atoms with van der Waals surface area (Å²) in [5.41, 5.74) is 5.09. The molecule has 0 radical (unpaired) electrons. The van der Waals surface area contributed by atoms with Crippen LogP contribution in [0.5, 0.6) is 0 Å². The number of benzene rings is 1. The van der Waals surface area contributed by atoms with Gasteiger partial charge in [-0.15, -0.1) is 10.2 Å². The molecular formula is C25H25BrN6O. The smallest absolute Gasteiger partial charge is 0.163 e. The molecule has 33 heavy (non-hydrogen) atoms. The monoisotopic (exact) mass is 504 g/mol. The standard InChI is InChI=1S/C25H25BrN6O/c26-19-6-7-22-20(13-19)23(14-24-29-28-16-32(22)24)31-11-8-18(9-12-31)25(21-3-1-2-10-27-21)30-33-15-17-4-5-17/h1-3,6-7,10,13-14,16-18H,4-5,8-9,11-12,15H2/b30-25+. The second kappa shape index (κ2) is 8.74. The zero-order valence-electron chi connectivity index (χ0n) is 18.3. The van der Waals surface area contributed by atoms with Crippen molar-refractivity contribution in [1.82, 2.24) is 19.6 Å². The van der Waals surface area contributed by atoms with E-state index in [0.717, 1.165) is 53.0 Å². The summed E-state index contributed by atoms with van der Waals surface area (Å²) in [6.07, 6.45) is 8.11. The third kappa shape index (κ3) is 4.19. The lowest BCUT2D eigenvalue weighted by Gasteiger charge is -2.34. The molecule has 0 unspecified atom stereocenters. The van der Waals surface area contributed by atoms with Gasteiger partial charge in [-0.3, -0.25) is 9.38 Å². The van der Waals surface area contributed by atoms with Gasteiger partial charge in [-0.1, -0.05) is 27.2 Å². The van der Waals surface area contributed by atoms with E-state index >= 15 is 0 Å². The van der Waals surface area contributed by atoms with Crippen LogP contribution in [0.4, 0.5) is 5.69 Å². The zero-order valence-corrected chi connectivity index (χ0v) is 19.9. The van der Waals surface area contributed by atoms with Crippen molar-refractivity contribution in [1.29, 1.82) is 0 Å². The van der Waals surface area contributed by atoms with Crippen molar-refractivity contribution >= 4 is 43.9 Å². The highest BCUT2D eigenvalue weighted by Crippen LogP contribution is 2.34. The van der Waals surface area contributed by atoms with Crippen molar-refractivity contribution in [3.8, 4) is 0 Å². The highest BCUT2D eigenvalue weighted by Gasteiger charge is 2.28. The van der Waals surface area contributed by atoms with Crippen molar-refractivity contribution in [2.75, 3.05) is 24.6 Å². The van der Waals surface area contributed by atoms with E-state index in [-0.39, 0.29) is 0 Å². The third-order valence-corrected chi connectivity index (χ3v) is 7.15. The number of rotatable bonds is 6. The Morgan fingerprint density at radius 2 is 1.97 bits per heavy atom. The van der Waals surface area contributed by atoms with Crippen molar-refractivity contribution in [2.24, 2.45) is 17.0 Å². The van der Waals surface area contributed by atoms with E-state index in [0.29, 0.717) is 18.4 Å². The quantitative estimate of drug-likeness (QED) is 0.270. The Labute approximate surface area is 200 Å². The first-order chi connectivity index (χ1) is 16.3. The first-order valence-electron chi connectivity index (χ1n) is 11.5. The van der Waals surface area contributed by atoms with Crippen LogP contribution < -0.4 is 4.90 Å². The predicted molar refractivity (Wildman–Crippen MR) is 133 cm³/mol. The number of aromatic nitrogens is 4. The minimum Gasteiger partial charge on any atom is -0.395 e. The van der Waals surface area contributed by atoms with E-state index < -0.39 is 0 Å². The van der Waals surface area contributed by atoms with Crippen LogP contribution in [-0.2, 0) is 4.84 Å². The maximum atomic E-state index is 5.76. The zero-order chi connectivity index (χ0) is 22.2. The van der Waals surface area contributed by atoms with Gasteiger partial charge in [0.2, 0.25) is 0 Å². The molecule has 168 valence electrons. The fourth-order valence-corrected chi connectivity index (χ4v) is 5.01. The van der Waals surface area contributed by atoms with Gasteiger partial charge in [-0.05, 0) is 61.9 Å². The molecule has 0 spiro atoms. The molecule has 1 aliphatic carbocycles. The average Bonchev–Trinajstić information content (AvgIpc) is 3.56. The summed E-state index contributed by atoms with van der Waals surface area (Å²) in [7, 11) is 0. The SMILES string of the molecule is Brc1ccc2c(c1)c(N1CCC(/C(=N\OCC3CC3)c3ccccn3)CC1)cc1nncn12. The van der Waals surface area contributed by atoms with E-state index in [9.17, 15) is 0 Å². The molecule has 1 aliphatic heterocycles. The van der Waals surface area contributed by atoms with E-state index in [1.54, 1.807) is 6.33 Å². The Bertz CT molecular complexity index is 1310. The molecule has 6 rings (SSSR count). The van der Waals surface area contributed by atoms with Crippen LogP contribution in [-0.4, -0.2) is 45.0 Å². The molecule has 0 atom stereocenters. The highest BCUT2D eigenvalue weighted by molar-refractivity contribution is 9.10. The van der Waals surface area contributed by atoms with Crippen LogP contribution in [0.2, 0.25) is 0 Å². The number of pyridine rings is 2. The summed E-state index contributed by atoms with van der Waals surface area (Å²) in [5.74, 6) is 1.01. The van der Waals surface area contributed by atoms with E-state index in [1.807, 2.05) is 28.8 Å². The molecule has 1 saturated heterocycles. The van der Waals surface area contributed by atoms with Crippen molar-refractivity contribution in [3.05, 3.63) is 65.2 Å². The Morgan fingerprint density at radius 3 is 2.76 bits per heavy atom. The average molecular weight is 505 g/mol. The maximum Gasteiger partial charge on any atom is 0.163 e. The molecule has 4 aromatic rings. The normalized spacial score (nSPS) is 17.7. The van der Waals surface area contributed by atoms with Crippen molar-refractivity contribution in [3.63, 3.8) is 0 Å². The van der Waals surface area contributed by atoms with E-state index in [2.05, 4.69) is 65.4 Å². The Balaban J connectivity index is 1.27. The number of piperidine rings is 1. The maximum absolute atomic E-state index is 5.76. The molecule has 2 aliphatic rings. The van der Waals surface area contributed by atoms with E-state index in [4.69, 9.17) is 4.84 Å². The van der Waals surface area contributed by atoms with Gasteiger partial charge in [0.05, 0.1) is 11.2 Å². The van der Waals surface area contributed by atoms with Crippen LogP contribution in [0.25, 0.3) is 16.6 Å². The molecule has 1 aromatic carbocycles. The lowest BCUT2D eigenvalue weighted by Crippen LogP contribution is -2.37. The van der Waals surface area contributed by atoms with Crippen LogP contribution in [0, 0.1) is 11.8 Å². The largest absolute Gasteiger partial charge is 0.395 e. The second-order valence-electron chi connectivity index (χ2n) is 8.94. The molecule has 0 N–H and O–H groups in total.